The molecule has 0 saturated heterocycles. The molecule has 72 valence electrons. The molecule has 1 rings (SSSR count). The number of rotatable bonds is 3. The summed E-state index contributed by atoms with van der Waals surface area (Å²) < 4.78 is 12.9. The van der Waals surface area contributed by atoms with Crippen LogP contribution in [0.25, 0.3) is 0 Å². The van der Waals surface area contributed by atoms with Crippen molar-refractivity contribution in [2.75, 3.05) is 5.33 Å². The molecule has 0 aliphatic heterocycles. The third kappa shape index (κ3) is 3.11. The van der Waals surface area contributed by atoms with E-state index in [9.17, 15) is 4.39 Å². The van der Waals surface area contributed by atoms with Crippen LogP contribution in [0.1, 0.15) is 18.1 Å². The zero-order valence-corrected chi connectivity index (χ0v) is 9.57. The van der Waals surface area contributed by atoms with Crippen LogP contribution in [-0.2, 0) is 6.42 Å². The second-order valence-electron chi connectivity index (χ2n) is 3.55. The Morgan fingerprint density at radius 3 is 2.69 bits per heavy atom. The smallest absolute Gasteiger partial charge is 0.126 e. The van der Waals surface area contributed by atoms with Gasteiger partial charge in [-0.15, -0.1) is 0 Å². The summed E-state index contributed by atoms with van der Waals surface area (Å²) in [6.45, 7) is 3.98. The topological polar surface area (TPSA) is 0 Å². The second kappa shape index (κ2) is 4.75. The van der Waals surface area contributed by atoms with E-state index in [1.54, 1.807) is 13.0 Å². The van der Waals surface area contributed by atoms with E-state index >= 15 is 0 Å². The summed E-state index contributed by atoms with van der Waals surface area (Å²) in [5.41, 5.74) is 1.95. The Labute approximate surface area is 87.3 Å². The molecular formula is C11H14BrF. The van der Waals surface area contributed by atoms with Crippen LogP contribution in [0.3, 0.4) is 0 Å². The summed E-state index contributed by atoms with van der Waals surface area (Å²) in [6, 6.07) is 5.33. The fourth-order valence-corrected chi connectivity index (χ4v) is 1.52. The molecule has 0 bridgehead atoms. The van der Waals surface area contributed by atoms with Gasteiger partial charge in [-0.1, -0.05) is 35.0 Å². The van der Waals surface area contributed by atoms with Gasteiger partial charge in [-0.25, -0.2) is 4.39 Å². The summed E-state index contributed by atoms with van der Waals surface area (Å²) >= 11 is 3.43. The van der Waals surface area contributed by atoms with Crippen molar-refractivity contribution < 1.29 is 4.39 Å². The SMILES string of the molecule is Cc1cc(CC(C)CBr)ccc1F. The Balaban J connectivity index is 2.73. The van der Waals surface area contributed by atoms with Crippen molar-refractivity contribution in [3.05, 3.63) is 35.1 Å². The lowest BCUT2D eigenvalue weighted by molar-refractivity contribution is 0.613. The van der Waals surface area contributed by atoms with Gasteiger partial charge in [0.25, 0.3) is 0 Å². The molecule has 0 nitrogen and oxygen atoms in total. The fraction of sp³-hybridized carbons (Fsp3) is 0.455. The number of alkyl halides is 1. The number of aryl methyl sites for hydroxylation is 1. The molecule has 0 saturated carbocycles. The molecule has 0 radical (unpaired) electrons. The third-order valence-corrected chi connectivity index (χ3v) is 3.18. The van der Waals surface area contributed by atoms with Crippen molar-refractivity contribution in [2.45, 2.75) is 20.3 Å². The van der Waals surface area contributed by atoms with Crippen molar-refractivity contribution in [3.8, 4) is 0 Å². The first-order valence-corrected chi connectivity index (χ1v) is 5.56. The summed E-state index contributed by atoms with van der Waals surface area (Å²) in [4.78, 5) is 0. The maximum absolute atomic E-state index is 12.9. The lowest BCUT2D eigenvalue weighted by Gasteiger charge is -2.08. The summed E-state index contributed by atoms with van der Waals surface area (Å²) in [6.07, 6.45) is 1.01. The Kier molecular flexibility index (Phi) is 3.91. The lowest BCUT2D eigenvalue weighted by atomic mass is 10.0. The minimum absolute atomic E-state index is 0.116. The van der Waals surface area contributed by atoms with E-state index in [-0.39, 0.29) is 5.82 Å². The molecule has 1 atom stereocenters. The van der Waals surface area contributed by atoms with Crippen LogP contribution in [0, 0.1) is 18.7 Å². The van der Waals surface area contributed by atoms with Crippen LogP contribution in [0.15, 0.2) is 18.2 Å². The van der Waals surface area contributed by atoms with Crippen LogP contribution in [0.4, 0.5) is 4.39 Å². The highest BCUT2D eigenvalue weighted by molar-refractivity contribution is 9.09. The van der Waals surface area contributed by atoms with Gasteiger partial charge in [-0.05, 0) is 36.5 Å². The van der Waals surface area contributed by atoms with E-state index in [1.165, 1.54) is 5.56 Å². The Morgan fingerprint density at radius 2 is 2.15 bits per heavy atom. The number of benzene rings is 1. The van der Waals surface area contributed by atoms with Crippen LogP contribution in [0.5, 0.6) is 0 Å². The maximum atomic E-state index is 12.9. The van der Waals surface area contributed by atoms with E-state index in [1.807, 2.05) is 12.1 Å². The van der Waals surface area contributed by atoms with Crippen LogP contribution in [-0.4, -0.2) is 5.33 Å². The van der Waals surface area contributed by atoms with E-state index in [0.29, 0.717) is 5.92 Å². The van der Waals surface area contributed by atoms with Gasteiger partial charge < -0.3 is 0 Å². The number of halogens is 2. The van der Waals surface area contributed by atoms with Crippen molar-refractivity contribution >= 4 is 15.9 Å². The molecule has 0 spiro atoms. The molecule has 2 heteroatoms. The standard InChI is InChI=1S/C11H14BrF/c1-8(7-12)5-10-3-4-11(13)9(2)6-10/h3-4,6,8H,5,7H2,1-2H3. The second-order valence-corrected chi connectivity index (χ2v) is 4.19. The number of hydrogen-bond acceptors (Lipinski definition) is 0. The van der Waals surface area contributed by atoms with E-state index in [0.717, 1.165) is 17.3 Å². The highest BCUT2D eigenvalue weighted by atomic mass is 79.9. The maximum Gasteiger partial charge on any atom is 0.126 e. The Morgan fingerprint density at radius 1 is 1.46 bits per heavy atom. The van der Waals surface area contributed by atoms with Crippen LogP contribution < -0.4 is 0 Å². The van der Waals surface area contributed by atoms with Gasteiger partial charge in [0.1, 0.15) is 5.82 Å². The zero-order valence-electron chi connectivity index (χ0n) is 7.98. The first-order chi connectivity index (χ1) is 6.13. The van der Waals surface area contributed by atoms with Gasteiger partial charge >= 0.3 is 0 Å². The first kappa shape index (κ1) is 10.7. The summed E-state index contributed by atoms with van der Waals surface area (Å²) in [5.74, 6) is 0.486. The van der Waals surface area contributed by atoms with Crippen molar-refractivity contribution in [3.63, 3.8) is 0 Å². The molecular weight excluding hydrogens is 231 g/mol. The third-order valence-electron chi connectivity index (χ3n) is 2.07. The molecule has 0 aliphatic carbocycles. The van der Waals surface area contributed by atoms with Gasteiger partial charge in [0.15, 0.2) is 0 Å². The largest absolute Gasteiger partial charge is 0.207 e. The Hall–Kier alpha value is -0.370. The number of hydrogen-bond donors (Lipinski definition) is 0. The molecule has 13 heavy (non-hydrogen) atoms. The van der Waals surface area contributed by atoms with Crippen molar-refractivity contribution in [2.24, 2.45) is 5.92 Å². The average molecular weight is 245 g/mol. The van der Waals surface area contributed by atoms with Crippen molar-refractivity contribution in [1.29, 1.82) is 0 Å². The quantitative estimate of drug-likeness (QED) is 0.712. The molecule has 0 N–H and O–H groups in total. The monoisotopic (exact) mass is 244 g/mol. The first-order valence-electron chi connectivity index (χ1n) is 4.44. The predicted octanol–water partition coefficient (Wildman–Crippen LogP) is 3.71. The molecule has 0 aromatic heterocycles. The minimum atomic E-state index is -0.116. The molecule has 0 amide bonds. The molecule has 1 aromatic carbocycles. The van der Waals surface area contributed by atoms with Gasteiger partial charge in [0.05, 0.1) is 0 Å². The molecule has 0 heterocycles. The zero-order chi connectivity index (χ0) is 9.84. The lowest BCUT2D eigenvalue weighted by Crippen LogP contribution is -2.01. The summed E-state index contributed by atoms with van der Waals surface area (Å²) in [5, 5.41) is 0.990. The van der Waals surface area contributed by atoms with E-state index in [4.69, 9.17) is 0 Å². The van der Waals surface area contributed by atoms with Gasteiger partial charge in [-0.2, -0.15) is 0 Å². The summed E-state index contributed by atoms with van der Waals surface area (Å²) in [7, 11) is 0. The van der Waals surface area contributed by atoms with Crippen LogP contribution in [0.2, 0.25) is 0 Å². The van der Waals surface area contributed by atoms with Gasteiger partial charge in [0.2, 0.25) is 0 Å². The van der Waals surface area contributed by atoms with E-state index in [2.05, 4.69) is 22.9 Å². The fourth-order valence-electron chi connectivity index (χ4n) is 1.29. The molecule has 1 aromatic rings. The molecule has 0 aliphatic rings. The molecule has 1 unspecified atom stereocenters. The highest BCUT2D eigenvalue weighted by Crippen LogP contribution is 2.14. The average Bonchev–Trinajstić information content (AvgIpc) is 2.11. The van der Waals surface area contributed by atoms with E-state index < -0.39 is 0 Å². The van der Waals surface area contributed by atoms with Gasteiger partial charge in [0, 0.05) is 5.33 Å². The molecule has 0 fully saturated rings. The van der Waals surface area contributed by atoms with Crippen molar-refractivity contribution in [1.82, 2.24) is 0 Å². The van der Waals surface area contributed by atoms with Gasteiger partial charge in [-0.3, -0.25) is 0 Å². The predicted molar refractivity (Wildman–Crippen MR) is 57.8 cm³/mol. The minimum Gasteiger partial charge on any atom is -0.207 e. The highest BCUT2D eigenvalue weighted by Gasteiger charge is 2.03. The normalized spacial score (nSPS) is 12.9. The Bertz CT molecular complexity index is 283. The van der Waals surface area contributed by atoms with Crippen LogP contribution >= 0.6 is 15.9 Å².